The van der Waals surface area contributed by atoms with E-state index in [4.69, 9.17) is 5.26 Å². The van der Waals surface area contributed by atoms with Gasteiger partial charge < -0.3 is 15.5 Å². The first-order valence-electron chi connectivity index (χ1n) is 9.94. The molecule has 8 heteroatoms. The summed E-state index contributed by atoms with van der Waals surface area (Å²) in [6.07, 6.45) is 2.52. The third kappa shape index (κ3) is 3.03. The molecule has 31 heavy (non-hydrogen) atoms. The number of fused-ring (bicyclic) bond motifs is 1. The van der Waals surface area contributed by atoms with Gasteiger partial charge in [0.15, 0.2) is 5.65 Å². The van der Waals surface area contributed by atoms with Gasteiger partial charge in [0.1, 0.15) is 17.6 Å². The van der Waals surface area contributed by atoms with E-state index in [-0.39, 0.29) is 28.8 Å². The summed E-state index contributed by atoms with van der Waals surface area (Å²) in [4.78, 5) is 17.8. The summed E-state index contributed by atoms with van der Waals surface area (Å²) in [7, 11) is 0. The predicted octanol–water partition coefficient (Wildman–Crippen LogP) is 2.67. The Morgan fingerprint density at radius 2 is 2.00 bits per heavy atom. The van der Waals surface area contributed by atoms with E-state index in [0.29, 0.717) is 34.5 Å². The van der Waals surface area contributed by atoms with E-state index in [1.165, 1.54) is 18.2 Å². The number of nitrogens with one attached hydrogen (secondary N) is 1. The summed E-state index contributed by atoms with van der Waals surface area (Å²) in [6, 6.07) is 15.1. The SMILES string of the molecule is N#Cc1cc(-c2ccc(-n3c(=O)n(C4CCNC4)c4ncccc43)cc2O)ccc1O. The molecule has 0 spiro atoms. The fourth-order valence-electron chi connectivity index (χ4n) is 4.18. The van der Waals surface area contributed by atoms with Gasteiger partial charge in [-0.05, 0) is 54.9 Å². The minimum Gasteiger partial charge on any atom is -0.507 e. The summed E-state index contributed by atoms with van der Waals surface area (Å²) in [6.45, 7) is 1.56. The van der Waals surface area contributed by atoms with Gasteiger partial charge in [0, 0.05) is 24.4 Å². The normalized spacial score (nSPS) is 15.9. The maximum absolute atomic E-state index is 13.4. The molecule has 0 saturated carbocycles. The highest BCUT2D eigenvalue weighted by Gasteiger charge is 2.25. The van der Waals surface area contributed by atoms with Crippen molar-refractivity contribution in [2.45, 2.75) is 12.5 Å². The molecule has 0 bridgehead atoms. The van der Waals surface area contributed by atoms with Crippen molar-refractivity contribution in [3.05, 3.63) is 70.8 Å². The molecule has 0 aliphatic carbocycles. The second kappa shape index (κ2) is 7.31. The number of benzene rings is 2. The molecule has 2 aromatic heterocycles. The average molecular weight is 413 g/mol. The number of aromatic hydroxyl groups is 2. The van der Waals surface area contributed by atoms with Crippen LogP contribution < -0.4 is 11.0 Å². The summed E-state index contributed by atoms with van der Waals surface area (Å²) < 4.78 is 3.28. The van der Waals surface area contributed by atoms with Crippen LogP contribution in [0.5, 0.6) is 11.5 Å². The number of phenolic OH excluding ortho intramolecular Hbond substituents is 2. The van der Waals surface area contributed by atoms with Crippen molar-refractivity contribution >= 4 is 11.2 Å². The first-order valence-corrected chi connectivity index (χ1v) is 9.94. The van der Waals surface area contributed by atoms with Crippen LogP contribution in [0.1, 0.15) is 18.0 Å². The van der Waals surface area contributed by atoms with Crippen LogP contribution in [-0.4, -0.2) is 37.4 Å². The highest BCUT2D eigenvalue weighted by atomic mass is 16.3. The molecule has 1 aliphatic heterocycles. The summed E-state index contributed by atoms with van der Waals surface area (Å²) in [5.41, 5.74) is 2.81. The first-order chi connectivity index (χ1) is 15.1. The Balaban J connectivity index is 1.65. The number of hydrogen-bond donors (Lipinski definition) is 3. The van der Waals surface area contributed by atoms with E-state index in [0.717, 1.165) is 13.0 Å². The first kappa shape index (κ1) is 18.9. The fourth-order valence-corrected chi connectivity index (χ4v) is 4.18. The molecular weight excluding hydrogens is 394 g/mol. The molecule has 1 unspecified atom stereocenters. The van der Waals surface area contributed by atoms with E-state index in [1.54, 1.807) is 39.6 Å². The Kier molecular flexibility index (Phi) is 4.46. The van der Waals surface area contributed by atoms with Gasteiger partial charge in [0.2, 0.25) is 0 Å². The molecule has 1 atom stereocenters. The molecule has 3 N–H and O–H groups in total. The van der Waals surface area contributed by atoms with Crippen LogP contribution in [0.25, 0.3) is 28.0 Å². The zero-order valence-electron chi connectivity index (χ0n) is 16.5. The zero-order chi connectivity index (χ0) is 21.5. The molecule has 1 aliphatic rings. The lowest BCUT2D eigenvalue weighted by atomic mass is 10.0. The number of imidazole rings is 1. The predicted molar refractivity (Wildman–Crippen MR) is 115 cm³/mol. The second-order valence-electron chi connectivity index (χ2n) is 7.53. The van der Waals surface area contributed by atoms with Crippen molar-refractivity contribution < 1.29 is 10.2 Å². The van der Waals surface area contributed by atoms with Gasteiger partial charge >= 0.3 is 5.69 Å². The summed E-state index contributed by atoms with van der Waals surface area (Å²) in [5, 5.41) is 32.9. The van der Waals surface area contributed by atoms with Crippen LogP contribution in [0.15, 0.2) is 59.5 Å². The van der Waals surface area contributed by atoms with E-state index in [2.05, 4.69) is 10.3 Å². The fraction of sp³-hybridized carbons (Fsp3) is 0.174. The topological polar surface area (TPSA) is 116 Å². The van der Waals surface area contributed by atoms with E-state index >= 15 is 0 Å². The smallest absolute Gasteiger partial charge is 0.335 e. The van der Waals surface area contributed by atoms with Gasteiger partial charge in [-0.15, -0.1) is 0 Å². The Morgan fingerprint density at radius 1 is 1.13 bits per heavy atom. The van der Waals surface area contributed by atoms with Gasteiger partial charge in [-0.1, -0.05) is 6.07 Å². The highest BCUT2D eigenvalue weighted by Crippen LogP contribution is 2.34. The number of nitrogens with zero attached hydrogens (tertiary/aromatic N) is 4. The maximum Gasteiger partial charge on any atom is 0.335 e. The van der Waals surface area contributed by atoms with E-state index in [1.807, 2.05) is 12.1 Å². The molecule has 0 amide bonds. The molecule has 3 heterocycles. The Hall–Kier alpha value is -4.09. The maximum atomic E-state index is 13.4. The molecule has 2 aromatic carbocycles. The number of pyridine rings is 1. The van der Waals surface area contributed by atoms with Gasteiger partial charge in [-0.25, -0.2) is 9.78 Å². The summed E-state index contributed by atoms with van der Waals surface area (Å²) in [5.74, 6) is -0.151. The van der Waals surface area contributed by atoms with Crippen LogP contribution in [0, 0.1) is 11.3 Å². The molecule has 8 nitrogen and oxygen atoms in total. The Labute approximate surface area is 177 Å². The monoisotopic (exact) mass is 413 g/mol. The van der Waals surface area contributed by atoms with Crippen molar-refractivity contribution in [2.75, 3.05) is 13.1 Å². The quantitative estimate of drug-likeness (QED) is 0.476. The van der Waals surface area contributed by atoms with Crippen molar-refractivity contribution in [2.24, 2.45) is 0 Å². The Morgan fingerprint density at radius 3 is 2.74 bits per heavy atom. The number of rotatable bonds is 3. The number of phenols is 2. The number of nitriles is 1. The lowest BCUT2D eigenvalue weighted by Gasteiger charge is -2.10. The minimum atomic E-state index is -0.203. The van der Waals surface area contributed by atoms with Crippen LogP contribution in [0.4, 0.5) is 0 Å². The van der Waals surface area contributed by atoms with Crippen molar-refractivity contribution in [3.63, 3.8) is 0 Å². The van der Waals surface area contributed by atoms with Crippen LogP contribution >= 0.6 is 0 Å². The molecule has 5 rings (SSSR count). The number of hydrogen-bond acceptors (Lipinski definition) is 6. The van der Waals surface area contributed by atoms with Gasteiger partial charge in [-0.2, -0.15) is 5.26 Å². The molecule has 1 saturated heterocycles. The molecule has 0 radical (unpaired) electrons. The van der Waals surface area contributed by atoms with Crippen molar-refractivity contribution in [1.29, 1.82) is 5.26 Å². The molecule has 1 fully saturated rings. The van der Waals surface area contributed by atoms with Gasteiger partial charge in [0.25, 0.3) is 0 Å². The Bertz CT molecular complexity index is 1410. The molecule has 4 aromatic rings. The second-order valence-corrected chi connectivity index (χ2v) is 7.53. The molecular formula is C23H19N5O3. The lowest BCUT2D eigenvalue weighted by molar-refractivity contribution is 0.472. The van der Waals surface area contributed by atoms with Gasteiger partial charge in [-0.3, -0.25) is 9.13 Å². The standard InChI is InChI=1S/C23H19N5O3/c24-12-15-10-14(3-6-20(15)29)18-5-4-16(11-21(18)30)27-19-2-1-8-26-22(19)28(23(27)31)17-7-9-25-13-17/h1-6,8,10-11,17,25,29-30H,7,9,13H2. The minimum absolute atomic E-state index is 0.0282. The van der Waals surface area contributed by atoms with Gasteiger partial charge in [0.05, 0.1) is 22.8 Å². The largest absolute Gasteiger partial charge is 0.507 e. The average Bonchev–Trinajstić information content (AvgIpc) is 3.39. The van der Waals surface area contributed by atoms with Crippen LogP contribution in [-0.2, 0) is 0 Å². The van der Waals surface area contributed by atoms with Crippen molar-refractivity contribution in [3.8, 4) is 34.4 Å². The molecule has 154 valence electrons. The summed E-state index contributed by atoms with van der Waals surface area (Å²) >= 11 is 0. The third-order valence-electron chi connectivity index (χ3n) is 5.70. The van der Waals surface area contributed by atoms with Crippen LogP contribution in [0.3, 0.4) is 0 Å². The lowest BCUT2D eigenvalue weighted by Crippen LogP contribution is -2.28. The van der Waals surface area contributed by atoms with Crippen molar-refractivity contribution in [1.82, 2.24) is 19.4 Å². The van der Waals surface area contributed by atoms with Crippen LogP contribution in [0.2, 0.25) is 0 Å². The van der Waals surface area contributed by atoms with E-state index in [9.17, 15) is 15.0 Å². The number of aromatic nitrogens is 3. The van der Waals surface area contributed by atoms with E-state index < -0.39 is 0 Å². The zero-order valence-corrected chi connectivity index (χ0v) is 16.5. The highest BCUT2D eigenvalue weighted by molar-refractivity contribution is 5.77. The third-order valence-corrected chi connectivity index (χ3v) is 5.70.